The van der Waals surface area contributed by atoms with Crippen LogP contribution in [0.3, 0.4) is 0 Å². The molecule has 0 bridgehead atoms. The number of carbonyl (C=O) groups is 4. The Bertz CT molecular complexity index is 432. The molecular formula is C17H30N2O4. The van der Waals surface area contributed by atoms with Gasteiger partial charge in [-0.3, -0.25) is 24.1 Å². The van der Waals surface area contributed by atoms with E-state index in [9.17, 15) is 19.2 Å². The van der Waals surface area contributed by atoms with Gasteiger partial charge in [-0.05, 0) is 6.92 Å². The van der Waals surface area contributed by atoms with Crippen molar-refractivity contribution >= 4 is 23.3 Å². The van der Waals surface area contributed by atoms with Crippen molar-refractivity contribution in [2.75, 3.05) is 32.7 Å². The summed E-state index contributed by atoms with van der Waals surface area (Å²) in [6.07, 6.45) is 0.740. The maximum Gasteiger partial charge on any atom is 0.222 e. The van der Waals surface area contributed by atoms with Crippen molar-refractivity contribution in [3.05, 3.63) is 0 Å². The van der Waals surface area contributed by atoms with Gasteiger partial charge in [0.25, 0.3) is 0 Å². The first-order chi connectivity index (χ1) is 10.7. The summed E-state index contributed by atoms with van der Waals surface area (Å²) in [5, 5.41) is 0. The van der Waals surface area contributed by atoms with Gasteiger partial charge in [0.05, 0.1) is 19.6 Å². The molecule has 0 spiro atoms. The van der Waals surface area contributed by atoms with Crippen LogP contribution in [0.5, 0.6) is 0 Å². The van der Waals surface area contributed by atoms with Crippen molar-refractivity contribution in [2.24, 2.45) is 5.92 Å². The maximum absolute atomic E-state index is 12.0. The van der Waals surface area contributed by atoms with Gasteiger partial charge in [0, 0.05) is 31.8 Å². The molecule has 0 aromatic heterocycles. The van der Waals surface area contributed by atoms with Gasteiger partial charge in [-0.15, -0.1) is 0 Å². The standard InChI is InChI=1S/C17H30N2O4/c1-6-15(21)11-18(10-14(5)20)8-9-19(17(23)7-2)12-16(22)13(3)4/h13H,6-12H2,1-5H3. The highest BCUT2D eigenvalue weighted by molar-refractivity contribution is 5.87. The fraction of sp³-hybridized carbons (Fsp3) is 0.765. The van der Waals surface area contributed by atoms with Crippen molar-refractivity contribution in [3.8, 4) is 0 Å². The largest absolute Gasteiger partial charge is 0.334 e. The summed E-state index contributed by atoms with van der Waals surface area (Å²) in [6.45, 7) is 9.82. The molecule has 6 heteroatoms. The van der Waals surface area contributed by atoms with Crippen molar-refractivity contribution in [2.45, 2.75) is 47.5 Å². The molecular weight excluding hydrogens is 296 g/mol. The average molecular weight is 326 g/mol. The Morgan fingerprint density at radius 3 is 1.91 bits per heavy atom. The Morgan fingerprint density at radius 2 is 1.48 bits per heavy atom. The van der Waals surface area contributed by atoms with Crippen molar-refractivity contribution in [1.82, 2.24) is 9.80 Å². The van der Waals surface area contributed by atoms with Gasteiger partial charge >= 0.3 is 0 Å². The van der Waals surface area contributed by atoms with Gasteiger partial charge < -0.3 is 4.90 Å². The highest BCUT2D eigenvalue weighted by atomic mass is 16.2. The predicted octanol–water partition coefficient (Wildman–Crippen LogP) is 1.32. The Balaban J connectivity index is 4.80. The number of nitrogens with zero attached hydrogens (tertiary/aromatic N) is 2. The second kappa shape index (κ2) is 11.0. The number of carbonyl (C=O) groups excluding carboxylic acids is 4. The van der Waals surface area contributed by atoms with E-state index in [1.54, 1.807) is 32.6 Å². The van der Waals surface area contributed by atoms with Gasteiger partial charge in [-0.25, -0.2) is 0 Å². The minimum atomic E-state index is -0.128. The van der Waals surface area contributed by atoms with Gasteiger partial charge in [0.1, 0.15) is 11.6 Å². The normalized spacial score (nSPS) is 10.9. The smallest absolute Gasteiger partial charge is 0.222 e. The predicted molar refractivity (Wildman–Crippen MR) is 89.1 cm³/mol. The minimum Gasteiger partial charge on any atom is -0.334 e. The van der Waals surface area contributed by atoms with E-state index in [2.05, 4.69) is 0 Å². The number of ketones is 3. The highest BCUT2D eigenvalue weighted by Crippen LogP contribution is 2.02. The van der Waals surface area contributed by atoms with Crippen LogP contribution in [0.4, 0.5) is 0 Å². The number of Topliss-reactive ketones (excluding diaryl/α,β-unsaturated/α-hetero) is 3. The Morgan fingerprint density at radius 1 is 0.870 bits per heavy atom. The highest BCUT2D eigenvalue weighted by Gasteiger charge is 2.19. The minimum absolute atomic E-state index is 0.00884. The first-order valence-corrected chi connectivity index (χ1v) is 8.25. The molecule has 0 saturated heterocycles. The van der Waals surface area contributed by atoms with Crippen LogP contribution in [0, 0.1) is 5.92 Å². The molecule has 0 unspecified atom stereocenters. The van der Waals surface area contributed by atoms with E-state index < -0.39 is 0 Å². The monoisotopic (exact) mass is 326 g/mol. The molecule has 0 aromatic rings. The fourth-order valence-electron chi connectivity index (χ4n) is 2.04. The van der Waals surface area contributed by atoms with Crippen LogP contribution in [0.15, 0.2) is 0 Å². The molecule has 0 aliphatic heterocycles. The summed E-state index contributed by atoms with van der Waals surface area (Å²) in [7, 11) is 0. The zero-order valence-electron chi connectivity index (χ0n) is 15.1. The Labute approximate surface area is 139 Å². The molecule has 0 aromatic carbocycles. The fourth-order valence-corrected chi connectivity index (χ4v) is 2.04. The number of amides is 1. The molecule has 0 fully saturated rings. The third-order valence-electron chi connectivity index (χ3n) is 3.57. The Kier molecular flexibility index (Phi) is 10.3. The molecule has 0 saturated carbocycles. The van der Waals surface area contributed by atoms with Gasteiger partial charge in [-0.1, -0.05) is 27.7 Å². The maximum atomic E-state index is 12.0. The topological polar surface area (TPSA) is 74.8 Å². The van der Waals surface area contributed by atoms with Crippen LogP contribution in [-0.4, -0.2) is 65.8 Å². The van der Waals surface area contributed by atoms with Crippen molar-refractivity contribution < 1.29 is 19.2 Å². The zero-order valence-corrected chi connectivity index (χ0v) is 15.1. The summed E-state index contributed by atoms with van der Waals surface area (Å²) < 4.78 is 0. The molecule has 23 heavy (non-hydrogen) atoms. The molecule has 0 heterocycles. The molecule has 0 aliphatic carbocycles. The molecule has 6 nitrogen and oxygen atoms in total. The van der Waals surface area contributed by atoms with Gasteiger partial charge in [-0.2, -0.15) is 0 Å². The van der Waals surface area contributed by atoms with Crippen LogP contribution in [0.1, 0.15) is 47.5 Å². The third kappa shape index (κ3) is 9.23. The number of rotatable bonds is 12. The molecule has 132 valence electrons. The van der Waals surface area contributed by atoms with E-state index in [0.29, 0.717) is 25.9 Å². The van der Waals surface area contributed by atoms with E-state index in [4.69, 9.17) is 0 Å². The van der Waals surface area contributed by atoms with E-state index in [1.165, 1.54) is 11.8 Å². The van der Waals surface area contributed by atoms with Crippen LogP contribution in [0.2, 0.25) is 0 Å². The van der Waals surface area contributed by atoms with Crippen LogP contribution >= 0.6 is 0 Å². The van der Waals surface area contributed by atoms with Crippen LogP contribution in [0.25, 0.3) is 0 Å². The molecule has 0 radical (unpaired) electrons. The lowest BCUT2D eigenvalue weighted by Gasteiger charge is -2.27. The summed E-state index contributed by atoms with van der Waals surface area (Å²) in [4.78, 5) is 50.1. The van der Waals surface area contributed by atoms with Crippen molar-refractivity contribution in [3.63, 3.8) is 0 Å². The lowest BCUT2D eigenvalue weighted by Crippen LogP contribution is -2.44. The van der Waals surface area contributed by atoms with Crippen LogP contribution in [-0.2, 0) is 19.2 Å². The molecule has 0 N–H and O–H groups in total. The molecule has 0 aliphatic rings. The van der Waals surface area contributed by atoms with Crippen LogP contribution < -0.4 is 0 Å². The summed E-state index contributed by atoms with van der Waals surface area (Å²) >= 11 is 0. The zero-order chi connectivity index (χ0) is 18.0. The second-order valence-electron chi connectivity index (χ2n) is 6.09. The SMILES string of the molecule is CCC(=O)CN(CCN(CC(=O)C(C)C)C(=O)CC)CC(C)=O. The van der Waals surface area contributed by atoms with E-state index in [-0.39, 0.29) is 48.8 Å². The lowest BCUT2D eigenvalue weighted by molar-refractivity contribution is -0.136. The van der Waals surface area contributed by atoms with Crippen molar-refractivity contribution in [1.29, 1.82) is 0 Å². The molecule has 1 amide bonds. The lowest BCUT2D eigenvalue weighted by atomic mass is 10.1. The van der Waals surface area contributed by atoms with E-state index >= 15 is 0 Å². The number of hydrogen-bond acceptors (Lipinski definition) is 5. The van der Waals surface area contributed by atoms with E-state index in [0.717, 1.165) is 0 Å². The van der Waals surface area contributed by atoms with Gasteiger partial charge in [0.2, 0.25) is 5.91 Å². The first kappa shape index (κ1) is 21.4. The summed E-state index contributed by atoms with van der Waals surface area (Å²) in [5.74, 6) is -0.186. The summed E-state index contributed by atoms with van der Waals surface area (Å²) in [6, 6.07) is 0. The van der Waals surface area contributed by atoms with E-state index in [1.807, 2.05) is 0 Å². The Hall–Kier alpha value is -1.56. The molecule has 0 atom stereocenters. The third-order valence-corrected chi connectivity index (χ3v) is 3.57. The summed E-state index contributed by atoms with van der Waals surface area (Å²) in [5.41, 5.74) is 0. The second-order valence-corrected chi connectivity index (χ2v) is 6.09. The molecule has 0 rings (SSSR count). The van der Waals surface area contributed by atoms with Gasteiger partial charge in [0.15, 0.2) is 5.78 Å². The number of hydrogen-bond donors (Lipinski definition) is 0. The quantitative estimate of drug-likeness (QED) is 0.541. The average Bonchev–Trinajstić information content (AvgIpc) is 2.48. The first-order valence-electron chi connectivity index (χ1n) is 8.25.